The molecule has 19 heteroatoms. The highest BCUT2D eigenvalue weighted by Gasteiger charge is 2.30. The second-order valence-electron chi connectivity index (χ2n) is 32.8. The quantitative estimate of drug-likeness (QED) is 0.0222. The molecule has 17 nitrogen and oxygen atoms in total. The number of phosphoric ester groups is 2. The molecule has 0 aromatic rings. The molecule has 0 heterocycles. The molecule has 0 aromatic heterocycles. The first kappa shape index (κ1) is 103. The second-order valence-corrected chi connectivity index (χ2v) is 35.7. The molecule has 0 rings (SSSR count). The third-order valence-corrected chi connectivity index (χ3v) is 22.0. The van der Waals surface area contributed by atoms with Gasteiger partial charge in [-0.2, -0.15) is 0 Å². The Labute approximate surface area is 645 Å². The minimum absolute atomic E-state index is 0.107. The summed E-state index contributed by atoms with van der Waals surface area (Å²) < 4.78 is 68.9. The maximum absolute atomic E-state index is 13.1. The molecular formula is C86H168O17P2. The van der Waals surface area contributed by atoms with Crippen molar-refractivity contribution in [1.29, 1.82) is 0 Å². The number of aliphatic hydroxyl groups excluding tert-OH is 1. The molecule has 5 atom stereocenters. The van der Waals surface area contributed by atoms with Gasteiger partial charge in [0.05, 0.1) is 26.4 Å². The smallest absolute Gasteiger partial charge is 0.462 e. The Bertz CT molecular complexity index is 2040. The number of ether oxygens (including phenoxy) is 4. The van der Waals surface area contributed by atoms with E-state index in [-0.39, 0.29) is 25.7 Å². The number of esters is 4. The van der Waals surface area contributed by atoms with Crippen molar-refractivity contribution in [2.45, 2.75) is 465 Å². The Balaban J connectivity index is 5.27. The summed E-state index contributed by atoms with van der Waals surface area (Å²) in [5.74, 6) is 1.04. The zero-order chi connectivity index (χ0) is 77.4. The van der Waals surface area contributed by atoms with Crippen LogP contribution in [0.5, 0.6) is 0 Å². The van der Waals surface area contributed by atoms with Crippen molar-refractivity contribution < 1.29 is 80.2 Å². The number of phosphoric acid groups is 2. The normalized spacial score (nSPS) is 13.9. The second kappa shape index (κ2) is 74.8. The molecule has 0 amide bonds. The number of carbonyl (C=O) groups excluding carboxylic acids is 4. The minimum Gasteiger partial charge on any atom is -0.462 e. The van der Waals surface area contributed by atoms with Crippen molar-refractivity contribution in [2.75, 3.05) is 39.6 Å². The van der Waals surface area contributed by atoms with Crippen molar-refractivity contribution in [3.63, 3.8) is 0 Å². The molecule has 0 saturated carbocycles. The lowest BCUT2D eigenvalue weighted by molar-refractivity contribution is -0.161. The first-order valence-corrected chi connectivity index (χ1v) is 47.2. The molecule has 2 unspecified atom stereocenters. The molecule has 0 saturated heterocycles. The van der Waals surface area contributed by atoms with Gasteiger partial charge in [0, 0.05) is 25.7 Å². The maximum Gasteiger partial charge on any atom is 0.472 e. The fourth-order valence-corrected chi connectivity index (χ4v) is 14.9. The third-order valence-electron chi connectivity index (χ3n) is 20.1. The van der Waals surface area contributed by atoms with E-state index in [4.69, 9.17) is 37.0 Å². The van der Waals surface area contributed by atoms with Crippen molar-refractivity contribution in [1.82, 2.24) is 0 Å². The van der Waals surface area contributed by atoms with Gasteiger partial charge in [0.15, 0.2) is 12.2 Å². The van der Waals surface area contributed by atoms with Crippen molar-refractivity contribution >= 4 is 39.5 Å². The summed E-state index contributed by atoms with van der Waals surface area (Å²) in [6.07, 6.45) is 63.8. The molecule has 0 aliphatic rings. The molecule has 105 heavy (non-hydrogen) atoms. The average molecular weight is 1540 g/mol. The van der Waals surface area contributed by atoms with Gasteiger partial charge in [-0.05, 0) is 49.4 Å². The van der Waals surface area contributed by atoms with Crippen LogP contribution < -0.4 is 0 Å². The zero-order valence-electron chi connectivity index (χ0n) is 69.4. The fraction of sp³-hybridized carbons (Fsp3) is 0.953. The predicted octanol–water partition coefficient (Wildman–Crippen LogP) is 25.9. The Morgan fingerprint density at radius 3 is 0.590 bits per heavy atom. The van der Waals surface area contributed by atoms with Crippen LogP contribution in [0.1, 0.15) is 447 Å². The summed E-state index contributed by atoms with van der Waals surface area (Å²) in [7, 11) is -9.93. The van der Waals surface area contributed by atoms with Crippen molar-refractivity contribution in [3.8, 4) is 0 Å². The lowest BCUT2D eigenvalue weighted by Gasteiger charge is -2.21. The lowest BCUT2D eigenvalue weighted by Crippen LogP contribution is -2.30. The van der Waals surface area contributed by atoms with Crippen LogP contribution in [0.15, 0.2) is 0 Å². The number of hydrogen-bond donors (Lipinski definition) is 3. The Kier molecular flexibility index (Phi) is 73.4. The number of rotatable bonds is 83. The zero-order valence-corrected chi connectivity index (χ0v) is 71.2. The van der Waals surface area contributed by atoms with Gasteiger partial charge >= 0.3 is 39.5 Å². The molecule has 0 radical (unpaired) electrons. The molecule has 0 bridgehead atoms. The number of aliphatic hydroxyl groups is 1. The van der Waals surface area contributed by atoms with Crippen LogP contribution in [0.2, 0.25) is 0 Å². The largest absolute Gasteiger partial charge is 0.472 e. The summed E-state index contributed by atoms with van der Waals surface area (Å²) in [4.78, 5) is 73.3. The molecule has 624 valence electrons. The average Bonchev–Trinajstić information content (AvgIpc) is 0.908. The molecule has 0 fully saturated rings. The highest BCUT2D eigenvalue weighted by molar-refractivity contribution is 7.47. The SMILES string of the molecule is CC(C)CCCCCCCCCCCCCCCCCC(=O)OC[C@H](COP(=O)(O)OC[C@@H](O)COP(=O)(O)OC[C@@H](COC(=O)CCCCCCCCCCCC(C)C)OC(=O)CCCCCCCCCCCCCCCCC(C)C)OC(=O)CCCCCCCCCCCCCCCCCC(C)C. The monoisotopic (exact) mass is 1540 g/mol. The van der Waals surface area contributed by atoms with E-state index in [1.54, 1.807) is 0 Å². The molecule has 0 aliphatic carbocycles. The van der Waals surface area contributed by atoms with Crippen LogP contribution >= 0.6 is 15.6 Å². The van der Waals surface area contributed by atoms with Gasteiger partial charge in [-0.15, -0.1) is 0 Å². The van der Waals surface area contributed by atoms with E-state index in [2.05, 4.69) is 55.4 Å². The van der Waals surface area contributed by atoms with Crippen molar-refractivity contribution in [3.05, 3.63) is 0 Å². The van der Waals surface area contributed by atoms with Crippen LogP contribution in [0.3, 0.4) is 0 Å². The van der Waals surface area contributed by atoms with Gasteiger partial charge in [0.2, 0.25) is 0 Å². The number of hydrogen-bond acceptors (Lipinski definition) is 15. The minimum atomic E-state index is -4.97. The highest BCUT2D eigenvalue weighted by atomic mass is 31.2. The van der Waals surface area contributed by atoms with Crippen LogP contribution in [-0.2, 0) is 65.4 Å². The van der Waals surface area contributed by atoms with Crippen LogP contribution in [-0.4, -0.2) is 96.7 Å². The van der Waals surface area contributed by atoms with E-state index in [1.165, 1.54) is 250 Å². The van der Waals surface area contributed by atoms with E-state index < -0.39 is 97.5 Å². The summed E-state index contributed by atoms with van der Waals surface area (Å²) in [5.41, 5.74) is 0. The Morgan fingerprint density at radius 2 is 0.400 bits per heavy atom. The van der Waals surface area contributed by atoms with E-state index in [0.29, 0.717) is 25.7 Å². The van der Waals surface area contributed by atoms with E-state index in [0.717, 1.165) is 114 Å². The van der Waals surface area contributed by atoms with Gasteiger partial charge in [-0.25, -0.2) is 9.13 Å². The first-order valence-electron chi connectivity index (χ1n) is 44.2. The van der Waals surface area contributed by atoms with Gasteiger partial charge in [0.1, 0.15) is 19.3 Å². The van der Waals surface area contributed by atoms with Crippen LogP contribution in [0, 0.1) is 23.7 Å². The van der Waals surface area contributed by atoms with Crippen molar-refractivity contribution in [2.24, 2.45) is 23.7 Å². The van der Waals surface area contributed by atoms with Gasteiger partial charge in [-0.1, -0.05) is 396 Å². The number of carbonyl (C=O) groups is 4. The standard InChI is InChI=1S/C86H168O17P2/c1-76(2)62-54-46-38-30-23-17-11-9-13-20-26-34-42-50-58-66-83(88)96-72-81(102-85(90)68-60-52-44-35-27-21-14-10-12-18-24-31-39-47-55-63-77(3)4)74-100-104(92,93)98-70-80(87)71-99-105(94,95)101-75-82(73-97-84(89)67-59-51-43-37-29-33-41-49-57-65-79(7)8)103-86(91)69-61-53-45-36-28-22-16-15-19-25-32-40-48-56-64-78(5)6/h76-82,87H,9-75H2,1-8H3,(H,92,93)(H,94,95)/t80-,81-,82-/m1/s1. The fourth-order valence-electron chi connectivity index (χ4n) is 13.3. The van der Waals surface area contributed by atoms with Gasteiger partial charge < -0.3 is 33.8 Å². The summed E-state index contributed by atoms with van der Waals surface area (Å²) in [6, 6.07) is 0. The van der Waals surface area contributed by atoms with E-state index in [9.17, 15) is 43.2 Å². The van der Waals surface area contributed by atoms with Gasteiger partial charge in [0.25, 0.3) is 0 Å². The topological polar surface area (TPSA) is 237 Å². The third kappa shape index (κ3) is 79.9. The van der Waals surface area contributed by atoms with Gasteiger partial charge in [-0.3, -0.25) is 37.3 Å². The molecule has 0 aliphatic heterocycles. The summed E-state index contributed by atoms with van der Waals surface area (Å²) >= 11 is 0. The Morgan fingerprint density at radius 1 is 0.238 bits per heavy atom. The summed E-state index contributed by atoms with van der Waals surface area (Å²) in [6.45, 7) is 14.3. The highest BCUT2D eigenvalue weighted by Crippen LogP contribution is 2.45. The van der Waals surface area contributed by atoms with E-state index in [1.807, 2.05) is 0 Å². The Hall–Kier alpha value is -1.94. The molecule has 0 spiro atoms. The van der Waals surface area contributed by atoms with Crippen LogP contribution in [0.4, 0.5) is 0 Å². The van der Waals surface area contributed by atoms with Crippen LogP contribution in [0.25, 0.3) is 0 Å². The first-order chi connectivity index (χ1) is 50.6. The summed E-state index contributed by atoms with van der Waals surface area (Å²) in [5, 5.41) is 10.7. The molecule has 0 aromatic carbocycles. The predicted molar refractivity (Wildman–Crippen MR) is 432 cm³/mol. The number of unbranched alkanes of at least 4 members (excludes halogenated alkanes) is 49. The maximum atomic E-state index is 13.1. The van der Waals surface area contributed by atoms with E-state index >= 15 is 0 Å². The lowest BCUT2D eigenvalue weighted by atomic mass is 10.0. The molecular weight excluding hydrogens is 1370 g/mol. The molecule has 3 N–H and O–H groups in total.